The molecule has 0 aliphatic heterocycles. The van der Waals surface area contributed by atoms with E-state index in [-0.39, 0.29) is 5.69 Å². The number of nitro benzene ring substituents is 1. The Bertz CT molecular complexity index is 854. The van der Waals surface area contributed by atoms with Gasteiger partial charge in [-0.25, -0.2) is 0 Å². The molecule has 0 amide bonds. The fourth-order valence-corrected chi connectivity index (χ4v) is 2.18. The topological polar surface area (TPSA) is 94.2 Å². The second-order valence-corrected chi connectivity index (χ2v) is 5.22. The van der Waals surface area contributed by atoms with Gasteiger partial charge >= 0.3 is 151 Å². The van der Waals surface area contributed by atoms with Crippen LogP contribution in [0.1, 0.15) is 21.5 Å². The molecule has 0 saturated heterocycles. The van der Waals surface area contributed by atoms with Gasteiger partial charge in [0.15, 0.2) is 0 Å². The summed E-state index contributed by atoms with van der Waals surface area (Å²) in [6.07, 6.45) is 0. The van der Waals surface area contributed by atoms with Crippen LogP contribution in [0, 0.1) is 10.1 Å². The van der Waals surface area contributed by atoms with Crippen molar-refractivity contribution in [2.45, 2.75) is 6.54 Å². The molecule has 2 aromatic carbocycles. The Morgan fingerprint density at radius 2 is 1.76 bits per heavy atom. The number of nitrogens with zero attached hydrogens (tertiary/aromatic N) is 3. The summed E-state index contributed by atoms with van der Waals surface area (Å²) in [6.45, 7) is 0.303. The third-order valence-electron chi connectivity index (χ3n) is 3.27. The summed E-state index contributed by atoms with van der Waals surface area (Å²) in [5.41, 5.74) is 1.97. The molecule has 126 valence electrons. The zero-order valence-electron chi connectivity index (χ0n) is 13.2. The molecular weight excluding hydrogens is 389 g/mol. The summed E-state index contributed by atoms with van der Waals surface area (Å²) in [6, 6.07) is 12.8. The molecule has 0 heterocycles. The first-order valence-corrected chi connectivity index (χ1v) is 7.95. The molecule has 0 aliphatic rings. The first-order valence-electron chi connectivity index (χ1n) is 7.09. The Kier molecular flexibility index (Phi) is 6.48. The Balaban J connectivity index is 2.22. The van der Waals surface area contributed by atoms with Gasteiger partial charge < -0.3 is 0 Å². The molecule has 0 aliphatic carbocycles. The van der Waals surface area contributed by atoms with Crippen LogP contribution in [0.15, 0.2) is 58.5 Å². The summed E-state index contributed by atoms with van der Waals surface area (Å²) >= 11 is 2.55. The third-order valence-corrected chi connectivity index (χ3v) is 3.47. The molecule has 0 saturated carbocycles. The Morgan fingerprint density at radius 3 is 2.28 bits per heavy atom. The summed E-state index contributed by atoms with van der Waals surface area (Å²) in [7, 11) is 1.32. The van der Waals surface area contributed by atoms with Crippen LogP contribution in [0.2, 0.25) is 0 Å². The summed E-state index contributed by atoms with van der Waals surface area (Å²) < 4.78 is 7.22. The third kappa shape index (κ3) is 5.02. The van der Waals surface area contributed by atoms with Crippen molar-refractivity contribution in [3.8, 4) is 0 Å². The average molecular weight is 402 g/mol. The van der Waals surface area contributed by atoms with E-state index in [9.17, 15) is 14.9 Å². The van der Waals surface area contributed by atoms with Gasteiger partial charge in [0.25, 0.3) is 0 Å². The van der Waals surface area contributed by atoms with Crippen molar-refractivity contribution in [1.82, 2.24) is 0 Å². The van der Waals surface area contributed by atoms with Gasteiger partial charge in [-0.05, 0) is 0 Å². The molecule has 0 N–H and O–H groups in total. The van der Waals surface area contributed by atoms with E-state index in [1.165, 1.54) is 19.2 Å². The molecule has 25 heavy (non-hydrogen) atoms. The Hall–Kier alpha value is -2.92. The van der Waals surface area contributed by atoms with Gasteiger partial charge in [0.05, 0.1) is 0 Å². The molecule has 0 spiro atoms. The molecule has 8 heteroatoms. The second-order valence-electron chi connectivity index (χ2n) is 4.84. The zero-order valence-corrected chi connectivity index (χ0v) is 14.9. The number of aliphatic imine (C=N–C) groups is 2. The van der Waals surface area contributed by atoms with E-state index in [1.807, 2.05) is 0 Å². The molecule has 0 atom stereocenters. The predicted molar refractivity (Wildman–Crippen MR) is 94.3 cm³/mol. The molecule has 0 bridgehead atoms. The number of methoxy groups -OCH3 is 1. The van der Waals surface area contributed by atoms with Crippen LogP contribution >= 0.6 is 0 Å². The van der Waals surface area contributed by atoms with Gasteiger partial charge in [0.1, 0.15) is 0 Å². The fourth-order valence-electron chi connectivity index (χ4n) is 2.00. The molecule has 0 fully saturated rings. The van der Waals surface area contributed by atoms with Crippen LogP contribution in [-0.4, -0.2) is 44.1 Å². The molecule has 0 aromatic heterocycles. The number of esters is 1. The van der Waals surface area contributed by atoms with E-state index in [2.05, 4.69) is 35.0 Å². The van der Waals surface area contributed by atoms with Crippen molar-refractivity contribution >= 4 is 37.8 Å². The average Bonchev–Trinajstić information content (AvgIpc) is 2.65. The van der Waals surface area contributed by atoms with Crippen LogP contribution in [0.3, 0.4) is 0 Å². The number of hydrogen-bond donors (Lipinski definition) is 0. The second kappa shape index (κ2) is 8.80. The minimum atomic E-state index is -0.451. The summed E-state index contributed by atoms with van der Waals surface area (Å²) in [5, 5.41) is 10.7. The molecule has 0 radical (unpaired) electrons. The Labute approximate surface area is 151 Å². The van der Waals surface area contributed by atoms with Crippen molar-refractivity contribution in [3.05, 3.63) is 75.3 Å². The van der Waals surface area contributed by atoms with Crippen molar-refractivity contribution in [1.29, 1.82) is 0 Å². The van der Waals surface area contributed by atoms with Crippen LogP contribution < -0.4 is 0 Å². The number of amidine groups is 1. The summed E-state index contributed by atoms with van der Waals surface area (Å²) in [4.78, 5) is 30.2. The van der Waals surface area contributed by atoms with Gasteiger partial charge in [-0.3, -0.25) is 0 Å². The van der Waals surface area contributed by atoms with Gasteiger partial charge in [-0.15, -0.1) is 0 Å². The minimum absolute atomic E-state index is 0.0286. The molecule has 7 nitrogen and oxygen atoms in total. The first-order chi connectivity index (χ1) is 12.0. The number of nitro groups is 1. The SMILES string of the molecule is COC(=O)c1ccc(C(N=C=[Se])=NCc2ccc([N+](=O)[O-])cc2)cc1. The maximum absolute atomic E-state index is 11.5. The van der Waals surface area contributed by atoms with E-state index < -0.39 is 10.9 Å². The van der Waals surface area contributed by atoms with Gasteiger partial charge in [-0.2, -0.15) is 0 Å². The van der Waals surface area contributed by atoms with Gasteiger partial charge in [-0.1, -0.05) is 0 Å². The molecule has 2 rings (SSSR count). The monoisotopic (exact) mass is 403 g/mol. The van der Waals surface area contributed by atoms with E-state index in [0.717, 1.165) is 5.56 Å². The normalized spacial score (nSPS) is 10.7. The number of hydrogen-bond acceptors (Lipinski definition) is 5. The standard InChI is InChI=1S/C17H13N3O4Se/c1-24-17(21)14-6-4-13(5-7-14)16(19-11-25)18-10-12-2-8-15(9-3-12)20(22)23/h2-9H,10H2,1H3. The number of carbonyl (C=O) groups excluding carboxylic acids is 1. The van der Waals surface area contributed by atoms with Gasteiger partial charge in [0, 0.05) is 0 Å². The van der Waals surface area contributed by atoms with E-state index >= 15 is 0 Å². The zero-order chi connectivity index (χ0) is 18.2. The van der Waals surface area contributed by atoms with Crippen molar-refractivity contribution in [3.63, 3.8) is 0 Å². The predicted octanol–water partition coefficient (Wildman–Crippen LogP) is 2.40. The number of carbonyl (C=O) groups is 1. The van der Waals surface area contributed by atoms with Gasteiger partial charge in [0.2, 0.25) is 0 Å². The number of ether oxygens (including phenoxy) is 1. The number of rotatable bonds is 5. The molecule has 0 unspecified atom stereocenters. The molecular formula is C17H13N3O4Se. The van der Waals surface area contributed by atoms with Crippen LogP contribution in [0.4, 0.5) is 5.69 Å². The van der Waals surface area contributed by atoms with Crippen molar-refractivity contribution in [2.75, 3.05) is 7.11 Å². The van der Waals surface area contributed by atoms with Crippen LogP contribution in [0.5, 0.6) is 0 Å². The number of non-ortho nitro benzene ring substituents is 1. The van der Waals surface area contributed by atoms with Crippen molar-refractivity contribution in [2.24, 2.45) is 9.98 Å². The van der Waals surface area contributed by atoms with E-state index in [0.29, 0.717) is 23.5 Å². The van der Waals surface area contributed by atoms with Crippen LogP contribution in [-0.2, 0) is 11.3 Å². The molecule has 2 aromatic rings. The fraction of sp³-hybridized carbons (Fsp3) is 0.118. The maximum atomic E-state index is 11.5. The number of benzene rings is 2. The first kappa shape index (κ1) is 18.4. The quantitative estimate of drug-likeness (QED) is 0.192. The van der Waals surface area contributed by atoms with E-state index in [1.54, 1.807) is 36.4 Å². The van der Waals surface area contributed by atoms with Crippen molar-refractivity contribution < 1.29 is 14.5 Å². The summed E-state index contributed by atoms with van der Waals surface area (Å²) in [5.74, 6) is 0.00308. The Morgan fingerprint density at radius 1 is 1.16 bits per heavy atom. The van der Waals surface area contributed by atoms with E-state index in [4.69, 9.17) is 0 Å². The van der Waals surface area contributed by atoms with Crippen LogP contribution in [0.25, 0.3) is 0 Å².